The summed E-state index contributed by atoms with van der Waals surface area (Å²) in [5.41, 5.74) is 0. The van der Waals surface area contributed by atoms with Crippen LogP contribution in [0, 0.1) is 0 Å². The van der Waals surface area contributed by atoms with E-state index < -0.39 is 0 Å². The van der Waals surface area contributed by atoms with E-state index in [1.807, 2.05) is 0 Å². The van der Waals surface area contributed by atoms with Crippen LogP contribution in [0.25, 0.3) is 0 Å². The molecule has 1 fully saturated rings. The van der Waals surface area contributed by atoms with Crippen molar-refractivity contribution in [2.45, 2.75) is 5.25 Å². The molecule has 0 aromatic rings. The second kappa shape index (κ2) is 1.08. The number of hydrogen-bond donors (Lipinski definition) is 0. The van der Waals surface area contributed by atoms with Gasteiger partial charge in [-0.05, 0) is 0 Å². The second-order valence-corrected chi connectivity index (χ2v) is 4.16. The standard InChI is InChI=1S/C2H6GeO/c1-2-4-3-1/h1-3H2. The third-order valence-electron chi connectivity index (χ3n) is 0.577. The Kier molecular flexibility index (Phi) is 0.737. The summed E-state index contributed by atoms with van der Waals surface area (Å²) in [6.45, 7) is 1.08. The van der Waals surface area contributed by atoms with Crippen LogP contribution >= 0.6 is 0 Å². The summed E-state index contributed by atoms with van der Waals surface area (Å²) < 4.78 is 4.91. The molecule has 0 bridgehead atoms. The molecule has 0 radical (unpaired) electrons. The number of rotatable bonds is 0. The normalized spacial score (nSPS) is 30.0. The molecule has 0 amide bonds. The summed E-state index contributed by atoms with van der Waals surface area (Å²) in [5.74, 6) is 0. The molecule has 1 aliphatic heterocycles. The van der Waals surface area contributed by atoms with Gasteiger partial charge in [0.1, 0.15) is 0 Å². The van der Waals surface area contributed by atoms with Crippen LogP contribution < -0.4 is 0 Å². The van der Waals surface area contributed by atoms with E-state index in [4.69, 9.17) is 3.76 Å². The Labute approximate surface area is 32.2 Å². The molecule has 4 heavy (non-hydrogen) atoms. The molecule has 0 atom stereocenters. The average molecular weight is 119 g/mol. The summed E-state index contributed by atoms with van der Waals surface area (Å²) in [7, 11) is 0. The number of hydrogen-bond acceptors (Lipinski definition) is 1. The molecule has 0 saturated carbocycles. The van der Waals surface area contributed by atoms with Crippen molar-refractivity contribution in [3.05, 3.63) is 0 Å². The Morgan fingerprint density at radius 2 is 2.00 bits per heavy atom. The molecule has 1 heterocycles. The fraction of sp³-hybridized carbons (Fsp3) is 1.00. The van der Waals surface area contributed by atoms with Crippen LogP contribution in [0.3, 0.4) is 0 Å². The quantitative estimate of drug-likeness (QED) is 0.391. The van der Waals surface area contributed by atoms with Crippen LogP contribution in [0.1, 0.15) is 0 Å². The second-order valence-electron chi connectivity index (χ2n) is 0.966. The topological polar surface area (TPSA) is 9.23 Å². The zero-order chi connectivity index (χ0) is 2.83. The Morgan fingerprint density at radius 3 is 2.00 bits per heavy atom. The van der Waals surface area contributed by atoms with Crippen LogP contribution in [0.15, 0.2) is 0 Å². The Morgan fingerprint density at radius 1 is 1.75 bits per heavy atom. The van der Waals surface area contributed by atoms with Crippen molar-refractivity contribution in [1.29, 1.82) is 0 Å². The van der Waals surface area contributed by atoms with E-state index in [2.05, 4.69) is 0 Å². The van der Waals surface area contributed by atoms with Gasteiger partial charge in [-0.25, -0.2) is 0 Å². The summed E-state index contributed by atoms with van der Waals surface area (Å²) in [4.78, 5) is 0. The zero-order valence-corrected chi connectivity index (χ0v) is 5.50. The van der Waals surface area contributed by atoms with Gasteiger partial charge < -0.3 is 0 Å². The molecule has 0 spiro atoms. The Balaban J connectivity index is 2.00. The predicted molar refractivity (Wildman–Crippen MR) is 19.3 cm³/mol. The van der Waals surface area contributed by atoms with Crippen LogP contribution in [0.2, 0.25) is 5.25 Å². The van der Waals surface area contributed by atoms with Crippen molar-refractivity contribution >= 4 is 15.8 Å². The van der Waals surface area contributed by atoms with Crippen LogP contribution in [0.4, 0.5) is 0 Å². The first-order valence-corrected chi connectivity index (χ1v) is 4.89. The van der Waals surface area contributed by atoms with Gasteiger partial charge in [0.15, 0.2) is 0 Å². The van der Waals surface area contributed by atoms with Gasteiger partial charge in [0.2, 0.25) is 0 Å². The van der Waals surface area contributed by atoms with Crippen LogP contribution in [0.5, 0.6) is 0 Å². The minimum atomic E-state index is -0.208. The molecule has 0 aromatic carbocycles. The Bertz CT molecular complexity index is 14.0. The van der Waals surface area contributed by atoms with Crippen molar-refractivity contribution in [3.63, 3.8) is 0 Å². The molecule has 24 valence electrons. The van der Waals surface area contributed by atoms with Gasteiger partial charge >= 0.3 is 31.4 Å². The van der Waals surface area contributed by atoms with Crippen molar-refractivity contribution in [3.8, 4) is 0 Å². The van der Waals surface area contributed by atoms with Gasteiger partial charge in [-0.1, -0.05) is 0 Å². The summed E-state index contributed by atoms with van der Waals surface area (Å²) >= 11 is -0.208. The fourth-order valence-corrected chi connectivity index (χ4v) is 0.750. The zero-order valence-electron chi connectivity index (χ0n) is 2.53. The molecule has 2 heteroatoms. The van der Waals surface area contributed by atoms with E-state index in [9.17, 15) is 0 Å². The first-order valence-electron chi connectivity index (χ1n) is 1.58. The van der Waals surface area contributed by atoms with Gasteiger partial charge in [-0.2, -0.15) is 0 Å². The molecule has 0 N–H and O–H groups in total. The molecule has 0 unspecified atom stereocenters. The van der Waals surface area contributed by atoms with E-state index in [0.29, 0.717) is 0 Å². The first kappa shape index (κ1) is 2.72. The van der Waals surface area contributed by atoms with Crippen molar-refractivity contribution in [1.82, 2.24) is 0 Å². The van der Waals surface area contributed by atoms with Gasteiger partial charge in [0.05, 0.1) is 0 Å². The van der Waals surface area contributed by atoms with Gasteiger partial charge in [-0.15, -0.1) is 0 Å². The molecule has 0 aromatic heterocycles. The predicted octanol–water partition coefficient (Wildman–Crippen LogP) is -0.481. The maximum atomic E-state index is 4.91. The van der Waals surface area contributed by atoms with Crippen molar-refractivity contribution < 1.29 is 3.76 Å². The van der Waals surface area contributed by atoms with Gasteiger partial charge in [0.25, 0.3) is 0 Å². The molecule has 1 rings (SSSR count). The van der Waals surface area contributed by atoms with Gasteiger partial charge in [0, 0.05) is 0 Å². The monoisotopic (exact) mass is 120 g/mol. The molecule has 1 aliphatic rings. The van der Waals surface area contributed by atoms with E-state index in [1.54, 1.807) is 0 Å². The molecular formula is C2H6GeO. The maximum absolute atomic E-state index is 4.91. The van der Waals surface area contributed by atoms with Crippen LogP contribution in [-0.4, -0.2) is 22.4 Å². The molecule has 0 aliphatic carbocycles. The molecular weight excluding hydrogens is 113 g/mol. The average Bonchev–Trinajstić information content (AvgIpc) is 0.722. The SMILES string of the molecule is C1[CH2][GeH2][O]1. The summed E-state index contributed by atoms with van der Waals surface area (Å²) in [6, 6.07) is 0. The summed E-state index contributed by atoms with van der Waals surface area (Å²) in [6.07, 6.45) is 0. The summed E-state index contributed by atoms with van der Waals surface area (Å²) in [5, 5.41) is 1.47. The fourth-order valence-electron chi connectivity index (χ4n) is 0.144. The third kappa shape index (κ3) is 0.279. The van der Waals surface area contributed by atoms with E-state index in [-0.39, 0.29) is 15.8 Å². The van der Waals surface area contributed by atoms with E-state index >= 15 is 0 Å². The third-order valence-corrected chi connectivity index (χ3v) is 3.00. The van der Waals surface area contributed by atoms with Crippen molar-refractivity contribution in [2.24, 2.45) is 0 Å². The minimum absolute atomic E-state index is 0.208. The van der Waals surface area contributed by atoms with Crippen molar-refractivity contribution in [2.75, 3.05) is 6.61 Å². The molecule has 1 nitrogen and oxygen atoms in total. The van der Waals surface area contributed by atoms with Crippen LogP contribution in [-0.2, 0) is 3.76 Å². The first-order chi connectivity index (χ1) is 2.00. The van der Waals surface area contributed by atoms with Gasteiger partial charge in [-0.3, -0.25) is 0 Å². The molecule has 1 saturated heterocycles. The Hall–Kier alpha value is 0.503. The van der Waals surface area contributed by atoms with E-state index in [0.717, 1.165) is 6.61 Å². The van der Waals surface area contributed by atoms with E-state index in [1.165, 1.54) is 5.25 Å².